The SMILES string of the molecule is CCCC/C=C/[C@@](F)(C(F)(F)F)C(F)(F)C(F)(F)F. The first-order chi connectivity index (χ1) is 8.31. The van der Waals surface area contributed by atoms with Crippen molar-refractivity contribution in [1.29, 1.82) is 0 Å². The lowest BCUT2D eigenvalue weighted by Gasteiger charge is -2.33. The van der Waals surface area contributed by atoms with Crippen LogP contribution in [0, 0.1) is 0 Å². The number of hydrogen-bond acceptors (Lipinski definition) is 0. The van der Waals surface area contributed by atoms with Crippen molar-refractivity contribution in [1.82, 2.24) is 0 Å². The summed E-state index contributed by atoms with van der Waals surface area (Å²) < 4.78 is 111. The minimum absolute atomic E-state index is 0.230. The molecule has 0 nitrogen and oxygen atoms in total. The Morgan fingerprint density at radius 3 is 1.58 bits per heavy atom. The highest BCUT2D eigenvalue weighted by atomic mass is 19.4. The summed E-state index contributed by atoms with van der Waals surface area (Å²) in [6.07, 6.45) is -13.0. The first-order valence-electron chi connectivity index (χ1n) is 5.19. The summed E-state index contributed by atoms with van der Waals surface area (Å²) >= 11 is 0. The number of alkyl halides is 9. The van der Waals surface area contributed by atoms with Gasteiger partial charge in [-0.1, -0.05) is 25.8 Å². The molecule has 0 fully saturated rings. The van der Waals surface area contributed by atoms with Crippen molar-refractivity contribution in [3.8, 4) is 0 Å². The first-order valence-corrected chi connectivity index (χ1v) is 5.19. The summed E-state index contributed by atoms with van der Waals surface area (Å²) in [7, 11) is 0. The zero-order valence-electron chi connectivity index (χ0n) is 9.68. The molecule has 0 aromatic heterocycles. The van der Waals surface area contributed by atoms with Crippen LogP contribution in [0.15, 0.2) is 12.2 Å². The van der Waals surface area contributed by atoms with Crippen molar-refractivity contribution in [3.63, 3.8) is 0 Å². The van der Waals surface area contributed by atoms with Crippen LogP contribution in [-0.2, 0) is 0 Å². The Kier molecular flexibility index (Phi) is 5.36. The largest absolute Gasteiger partial charge is 0.457 e. The summed E-state index contributed by atoms with van der Waals surface area (Å²) in [5, 5.41) is 0. The zero-order valence-corrected chi connectivity index (χ0v) is 9.68. The molecule has 0 bridgehead atoms. The van der Waals surface area contributed by atoms with E-state index in [-0.39, 0.29) is 12.8 Å². The predicted octanol–water partition coefficient (Wildman–Crippen LogP) is 5.20. The summed E-state index contributed by atoms with van der Waals surface area (Å²) in [6, 6.07) is 0. The molecule has 0 aliphatic rings. The van der Waals surface area contributed by atoms with Crippen LogP contribution in [0.5, 0.6) is 0 Å². The van der Waals surface area contributed by atoms with Gasteiger partial charge in [-0.3, -0.25) is 0 Å². The molecule has 1 atom stereocenters. The molecule has 0 aliphatic carbocycles. The third kappa shape index (κ3) is 3.56. The maximum atomic E-state index is 13.3. The van der Waals surface area contributed by atoms with Crippen LogP contribution in [0.1, 0.15) is 26.2 Å². The molecule has 0 aliphatic heterocycles. The van der Waals surface area contributed by atoms with E-state index >= 15 is 0 Å². The van der Waals surface area contributed by atoms with Gasteiger partial charge >= 0.3 is 18.3 Å². The maximum Gasteiger partial charge on any atom is 0.457 e. The normalized spacial score (nSPS) is 17.8. The van der Waals surface area contributed by atoms with E-state index in [0.717, 1.165) is 0 Å². The average Bonchev–Trinajstić information content (AvgIpc) is 2.20. The first kappa shape index (κ1) is 18.1. The fourth-order valence-electron chi connectivity index (χ4n) is 1.15. The van der Waals surface area contributed by atoms with Gasteiger partial charge in [-0.15, -0.1) is 0 Å². The summed E-state index contributed by atoms with van der Waals surface area (Å²) in [6.45, 7) is 1.62. The standard InChI is InChI=1S/C10H11F9/c1-2-3-4-5-6-7(11,9(14,15)16)8(12,13)10(17,18)19/h5-6H,2-4H2,1H3/b6-5+/t7-/m0/s1. The summed E-state index contributed by atoms with van der Waals surface area (Å²) in [5.74, 6) is -6.55. The van der Waals surface area contributed by atoms with E-state index in [1.54, 1.807) is 6.92 Å². The Labute approximate surface area is 103 Å². The number of allylic oxidation sites excluding steroid dienone is 2. The monoisotopic (exact) mass is 302 g/mol. The average molecular weight is 302 g/mol. The number of rotatable bonds is 5. The van der Waals surface area contributed by atoms with Gasteiger partial charge < -0.3 is 0 Å². The molecule has 0 saturated heterocycles. The lowest BCUT2D eigenvalue weighted by atomic mass is 9.95. The number of hydrogen-bond donors (Lipinski definition) is 0. The summed E-state index contributed by atoms with van der Waals surface area (Å²) in [5.41, 5.74) is -5.77. The van der Waals surface area contributed by atoms with Crippen molar-refractivity contribution in [2.45, 2.75) is 50.1 Å². The lowest BCUT2D eigenvalue weighted by molar-refractivity contribution is -0.369. The van der Waals surface area contributed by atoms with E-state index in [0.29, 0.717) is 12.5 Å². The van der Waals surface area contributed by atoms with Gasteiger partial charge in [0, 0.05) is 0 Å². The van der Waals surface area contributed by atoms with Crippen LogP contribution in [0.2, 0.25) is 0 Å². The Morgan fingerprint density at radius 1 is 0.789 bits per heavy atom. The van der Waals surface area contributed by atoms with E-state index in [2.05, 4.69) is 0 Å². The Balaban J connectivity index is 5.51. The molecule has 0 unspecified atom stereocenters. The smallest absolute Gasteiger partial charge is 0.222 e. The minimum atomic E-state index is -6.65. The van der Waals surface area contributed by atoms with Crippen molar-refractivity contribution in [2.75, 3.05) is 0 Å². The molecule has 0 aromatic rings. The molecular weight excluding hydrogens is 291 g/mol. The lowest BCUT2D eigenvalue weighted by Crippen LogP contribution is -2.61. The van der Waals surface area contributed by atoms with E-state index in [4.69, 9.17) is 0 Å². The maximum absolute atomic E-state index is 13.3. The van der Waals surface area contributed by atoms with Crippen LogP contribution < -0.4 is 0 Å². The minimum Gasteiger partial charge on any atom is -0.222 e. The molecule has 0 heterocycles. The van der Waals surface area contributed by atoms with Crippen LogP contribution in [0.25, 0.3) is 0 Å². The second-order valence-electron chi connectivity index (χ2n) is 3.83. The van der Waals surface area contributed by atoms with E-state index in [1.165, 1.54) is 0 Å². The van der Waals surface area contributed by atoms with Gasteiger partial charge in [0.25, 0.3) is 5.67 Å². The highest BCUT2D eigenvalue weighted by Crippen LogP contribution is 2.53. The van der Waals surface area contributed by atoms with Gasteiger partial charge in [-0.05, 0) is 12.5 Å². The van der Waals surface area contributed by atoms with Gasteiger partial charge in [0.2, 0.25) is 0 Å². The second kappa shape index (κ2) is 5.62. The Bertz CT molecular complexity index is 312. The van der Waals surface area contributed by atoms with Crippen molar-refractivity contribution in [3.05, 3.63) is 12.2 Å². The fraction of sp³-hybridized carbons (Fsp3) is 0.800. The van der Waals surface area contributed by atoms with Gasteiger partial charge in [-0.2, -0.15) is 35.1 Å². The van der Waals surface area contributed by atoms with Crippen LogP contribution in [0.4, 0.5) is 39.5 Å². The number of halogens is 9. The quantitative estimate of drug-likeness (QED) is 0.372. The molecule has 0 N–H and O–H groups in total. The van der Waals surface area contributed by atoms with Gasteiger partial charge in [0.1, 0.15) is 0 Å². The highest BCUT2D eigenvalue weighted by molar-refractivity contribution is 5.16. The van der Waals surface area contributed by atoms with E-state index in [9.17, 15) is 39.5 Å². The van der Waals surface area contributed by atoms with Crippen LogP contribution in [0.3, 0.4) is 0 Å². The van der Waals surface area contributed by atoms with Gasteiger partial charge in [-0.25, -0.2) is 4.39 Å². The Morgan fingerprint density at radius 2 is 1.26 bits per heavy atom. The van der Waals surface area contributed by atoms with Crippen molar-refractivity contribution >= 4 is 0 Å². The predicted molar refractivity (Wildman–Crippen MR) is 49.6 cm³/mol. The van der Waals surface area contributed by atoms with Crippen LogP contribution in [-0.4, -0.2) is 23.9 Å². The van der Waals surface area contributed by atoms with Gasteiger partial charge in [0.15, 0.2) is 0 Å². The van der Waals surface area contributed by atoms with Crippen molar-refractivity contribution < 1.29 is 39.5 Å². The van der Waals surface area contributed by atoms with Crippen molar-refractivity contribution in [2.24, 2.45) is 0 Å². The molecule has 0 amide bonds. The fourth-order valence-corrected chi connectivity index (χ4v) is 1.15. The third-order valence-corrected chi connectivity index (χ3v) is 2.30. The third-order valence-electron chi connectivity index (χ3n) is 2.30. The molecule has 19 heavy (non-hydrogen) atoms. The van der Waals surface area contributed by atoms with E-state index < -0.39 is 30.0 Å². The molecular formula is C10H11F9. The molecule has 0 rings (SSSR count). The second-order valence-corrected chi connectivity index (χ2v) is 3.83. The Hall–Kier alpha value is -0.890. The zero-order chi connectivity index (χ0) is 15.5. The molecule has 0 spiro atoms. The molecule has 114 valence electrons. The van der Waals surface area contributed by atoms with Crippen LogP contribution >= 0.6 is 0 Å². The summed E-state index contributed by atoms with van der Waals surface area (Å²) in [4.78, 5) is 0. The topological polar surface area (TPSA) is 0 Å². The molecule has 0 aromatic carbocycles. The van der Waals surface area contributed by atoms with Gasteiger partial charge in [0.05, 0.1) is 0 Å². The van der Waals surface area contributed by atoms with E-state index in [1.807, 2.05) is 0 Å². The number of unbranched alkanes of at least 4 members (excludes halogenated alkanes) is 2. The molecule has 9 heteroatoms. The molecule has 0 radical (unpaired) electrons. The molecule has 0 saturated carbocycles. The highest BCUT2D eigenvalue weighted by Gasteiger charge is 2.79.